The number of hydrogen-bond donors (Lipinski definition) is 3. The summed E-state index contributed by atoms with van der Waals surface area (Å²) >= 11 is 0. The molecule has 0 radical (unpaired) electrons. The summed E-state index contributed by atoms with van der Waals surface area (Å²) in [4.78, 5) is 29.4. The van der Waals surface area contributed by atoms with Crippen LogP contribution in [0.4, 0.5) is 0 Å². The van der Waals surface area contributed by atoms with Gasteiger partial charge in [0, 0.05) is 0 Å². The van der Waals surface area contributed by atoms with Crippen LogP contribution in [0.3, 0.4) is 0 Å². The highest BCUT2D eigenvalue weighted by Gasteiger charge is 2.46. The molecule has 5 nitrogen and oxygen atoms in total. The van der Waals surface area contributed by atoms with Gasteiger partial charge in [-0.25, -0.2) is 0 Å². The predicted octanol–water partition coefficient (Wildman–Crippen LogP) is 0.957. The van der Waals surface area contributed by atoms with Crippen molar-refractivity contribution >= 4 is 13.6 Å². The summed E-state index contributed by atoms with van der Waals surface area (Å²) in [5.74, 6) is -2.28. The molecular formula is C10H11O5P. The number of fused-ring (bicyclic) bond motifs is 1. The highest BCUT2D eigenvalue weighted by molar-refractivity contribution is 7.52. The lowest BCUT2D eigenvalue weighted by Crippen LogP contribution is -2.22. The lowest BCUT2D eigenvalue weighted by Gasteiger charge is -2.17. The monoisotopic (exact) mass is 242 g/mol. The fraction of sp³-hybridized carbons (Fsp3) is 0.300. The molecular weight excluding hydrogens is 231 g/mol. The van der Waals surface area contributed by atoms with Gasteiger partial charge in [0.1, 0.15) is 0 Å². The summed E-state index contributed by atoms with van der Waals surface area (Å²) in [5.41, 5.74) is 0.0916. The fourth-order valence-electron chi connectivity index (χ4n) is 2.18. The van der Waals surface area contributed by atoms with Crippen molar-refractivity contribution in [2.45, 2.75) is 18.0 Å². The van der Waals surface area contributed by atoms with Gasteiger partial charge in [-0.05, 0) is 17.5 Å². The summed E-state index contributed by atoms with van der Waals surface area (Å²) < 4.78 is 11.2. The first-order valence-corrected chi connectivity index (χ1v) is 6.45. The number of aliphatic carboxylic acids is 1. The first kappa shape index (κ1) is 11.3. The van der Waals surface area contributed by atoms with Crippen molar-refractivity contribution in [3.8, 4) is 0 Å². The molecule has 16 heavy (non-hydrogen) atoms. The van der Waals surface area contributed by atoms with Gasteiger partial charge in [-0.2, -0.15) is 0 Å². The van der Waals surface area contributed by atoms with Crippen molar-refractivity contribution in [3.05, 3.63) is 35.4 Å². The Labute approximate surface area is 91.9 Å². The second-order valence-corrected chi connectivity index (χ2v) is 5.72. The van der Waals surface area contributed by atoms with E-state index in [0.717, 1.165) is 0 Å². The zero-order valence-electron chi connectivity index (χ0n) is 8.28. The van der Waals surface area contributed by atoms with E-state index in [1.54, 1.807) is 24.3 Å². The van der Waals surface area contributed by atoms with Crippen LogP contribution in [0.5, 0.6) is 0 Å². The van der Waals surface area contributed by atoms with Crippen molar-refractivity contribution in [1.82, 2.24) is 0 Å². The third-order valence-corrected chi connectivity index (χ3v) is 4.25. The van der Waals surface area contributed by atoms with Crippen LogP contribution >= 0.6 is 7.60 Å². The van der Waals surface area contributed by atoms with Gasteiger partial charge in [0.2, 0.25) is 0 Å². The third-order valence-electron chi connectivity index (χ3n) is 2.90. The molecule has 2 atom stereocenters. The molecule has 0 spiro atoms. The molecule has 6 heteroatoms. The van der Waals surface area contributed by atoms with E-state index < -0.39 is 25.1 Å². The van der Waals surface area contributed by atoms with Gasteiger partial charge < -0.3 is 14.9 Å². The van der Waals surface area contributed by atoms with Crippen molar-refractivity contribution in [2.75, 3.05) is 0 Å². The number of carboxylic acids is 1. The summed E-state index contributed by atoms with van der Waals surface area (Å²) in [5, 5.41) is 9.05. The Morgan fingerprint density at radius 1 is 1.31 bits per heavy atom. The van der Waals surface area contributed by atoms with Gasteiger partial charge in [-0.15, -0.1) is 0 Å². The van der Waals surface area contributed by atoms with Gasteiger partial charge in [0.15, 0.2) is 0 Å². The number of benzene rings is 1. The van der Waals surface area contributed by atoms with E-state index in [0.29, 0.717) is 11.1 Å². The maximum absolute atomic E-state index is 11.2. The number of rotatable bonds is 2. The van der Waals surface area contributed by atoms with E-state index in [1.807, 2.05) is 0 Å². The molecule has 1 aliphatic carbocycles. The summed E-state index contributed by atoms with van der Waals surface area (Å²) in [6, 6.07) is 6.74. The van der Waals surface area contributed by atoms with Gasteiger partial charge in [0.25, 0.3) is 0 Å². The molecule has 1 aromatic carbocycles. The second kappa shape index (κ2) is 3.70. The molecule has 0 aliphatic heterocycles. The first-order valence-electron chi connectivity index (χ1n) is 4.77. The first-order chi connectivity index (χ1) is 7.41. The minimum Gasteiger partial charge on any atom is -0.481 e. The van der Waals surface area contributed by atoms with Crippen molar-refractivity contribution in [1.29, 1.82) is 0 Å². The van der Waals surface area contributed by atoms with Crippen LogP contribution in [0.1, 0.15) is 17.0 Å². The van der Waals surface area contributed by atoms with Gasteiger partial charge >= 0.3 is 13.6 Å². The molecule has 0 saturated carbocycles. The molecule has 0 heterocycles. The normalized spacial score (nSPS) is 24.1. The molecule has 0 fully saturated rings. The van der Waals surface area contributed by atoms with E-state index in [2.05, 4.69) is 0 Å². The molecule has 0 unspecified atom stereocenters. The van der Waals surface area contributed by atoms with E-state index in [-0.39, 0.29) is 6.42 Å². The lowest BCUT2D eigenvalue weighted by molar-refractivity contribution is -0.138. The Morgan fingerprint density at radius 2 is 1.94 bits per heavy atom. The molecule has 0 aromatic heterocycles. The highest BCUT2D eigenvalue weighted by Crippen LogP contribution is 2.53. The van der Waals surface area contributed by atoms with Gasteiger partial charge in [-0.3, -0.25) is 9.36 Å². The summed E-state index contributed by atoms with van der Waals surface area (Å²) in [7, 11) is -4.39. The van der Waals surface area contributed by atoms with Crippen LogP contribution in [0, 0.1) is 0 Å². The third kappa shape index (κ3) is 1.78. The predicted molar refractivity (Wildman–Crippen MR) is 56.4 cm³/mol. The topological polar surface area (TPSA) is 94.8 Å². The van der Waals surface area contributed by atoms with Gasteiger partial charge in [-0.1, -0.05) is 24.3 Å². The largest absolute Gasteiger partial charge is 0.481 e. The van der Waals surface area contributed by atoms with Crippen LogP contribution in [0.15, 0.2) is 24.3 Å². The number of hydrogen-bond acceptors (Lipinski definition) is 2. The van der Waals surface area contributed by atoms with Crippen molar-refractivity contribution in [2.24, 2.45) is 0 Å². The van der Waals surface area contributed by atoms with Crippen molar-refractivity contribution in [3.63, 3.8) is 0 Å². The van der Waals surface area contributed by atoms with E-state index in [4.69, 9.17) is 14.9 Å². The number of carboxylic acid groups (broad SMARTS) is 1. The Bertz CT molecular complexity index is 478. The molecule has 0 saturated heterocycles. The Kier molecular flexibility index (Phi) is 2.62. The van der Waals surface area contributed by atoms with Crippen LogP contribution in [0.25, 0.3) is 0 Å². The van der Waals surface area contributed by atoms with E-state index >= 15 is 0 Å². The van der Waals surface area contributed by atoms with E-state index in [1.165, 1.54) is 0 Å². The molecule has 0 amide bonds. The molecule has 3 N–H and O–H groups in total. The Hall–Kier alpha value is -1.16. The average Bonchev–Trinajstić information content (AvgIpc) is 2.55. The maximum Gasteiger partial charge on any atom is 0.330 e. The molecule has 1 aliphatic rings. The van der Waals surface area contributed by atoms with Gasteiger partial charge in [0.05, 0.1) is 11.6 Å². The highest BCUT2D eigenvalue weighted by atomic mass is 31.2. The van der Waals surface area contributed by atoms with Crippen LogP contribution in [-0.4, -0.2) is 26.5 Å². The Balaban J connectivity index is 2.50. The standard InChI is InChI=1S/C10H11O5P/c11-10(12)9-7-4-2-1-3-6(7)5-8(9)16(13,14)15/h1-4,8-9H,5H2,(H,11,12)(H2,13,14,15)/t8-,9-/m0/s1. The quantitative estimate of drug-likeness (QED) is 0.671. The lowest BCUT2D eigenvalue weighted by atomic mass is 10.0. The average molecular weight is 242 g/mol. The maximum atomic E-state index is 11.2. The zero-order valence-corrected chi connectivity index (χ0v) is 9.17. The smallest absolute Gasteiger partial charge is 0.330 e. The summed E-state index contributed by atoms with van der Waals surface area (Å²) in [6.45, 7) is 0. The van der Waals surface area contributed by atoms with Crippen molar-refractivity contribution < 1.29 is 24.3 Å². The van der Waals surface area contributed by atoms with E-state index in [9.17, 15) is 9.36 Å². The number of carbonyl (C=O) groups is 1. The fourth-order valence-corrected chi connectivity index (χ4v) is 3.30. The molecule has 2 rings (SSSR count). The van der Waals surface area contributed by atoms with Crippen LogP contribution in [-0.2, 0) is 15.8 Å². The zero-order chi connectivity index (χ0) is 11.9. The minimum atomic E-state index is -4.39. The summed E-state index contributed by atoms with van der Waals surface area (Å²) in [6.07, 6.45) is 0.122. The SMILES string of the molecule is O=C(O)[C@H]1c2ccccc2C[C@@H]1P(=O)(O)O. The molecule has 86 valence electrons. The van der Waals surface area contributed by atoms with Crippen LogP contribution < -0.4 is 0 Å². The molecule has 1 aromatic rings. The molecule has 0 bridgehead atoms. The minimum absolute atomic E-state index is 0.122. The second-order valence-electron chi connectivity index (χ2n) is 3.88. The van der Waals surface area contributed by atoms with Crippen LogP contribution in [0.2, 0.25) is 0 Å². The Morgan fingerprint density at radius 3 is 2.50 bits per heavy atom.